The van der Waals surface area contributed by atoms with E-state index in [0.717, 1.165) is 21.9 Å². The number of carbonyl (C=O) groups is 2. The number of carbonyl (C=O) groups excluding carboxylic acids is 1. The highest BCUT2D eigenvalue weighted by molar-refractivity contribution is 6.37. The van der Waals surface area contributed by atoms with Crippen LogP contribution in [0, 0.1) is 0 Å². The van der Waals surface area contributed by atoms with Crippen molar-refractivity contribution >= 4 is 40.1 Å². The van der Waals surface area contributed by atoms with Crippen molar-refractivity contribution in [1.29, 1.82) is 0 Å². The van der Waals surface area contributed by atoms with Crippen molar-refractivity contribution < 1.29 is 19.4 Å². The van der Waals surface area contributed by atoms with Gasteiger partial charge >= 0.3 is 5.97 Å². The lowest BCUT2D eigenvalue weighted by Crippen LogP contribution is -2.21. The van der Waals surface area contributed by atoms with Gasteiger partial charge in [0.25, 0.3) is 5.91 Å². The predicted octanol–water partition coefficient (Wildman–Crippen LogP) is 5.38. The molecule has 1 aliphatic heterocycles. The molecule has 1 N–H and O–H groups in total. The van der Waals surface area contributed by atoms with Crippen LogP contribution in [0.1, 0.15) is 21.5 Å². The first-order valence-corrected chi connectivity index (χ1v) is 10.7. The quantitative estimate of drug-likeness (QED) is 0.416. The predicted molar refractivity (Wildman–Crippen MR) is 132 cm³/mol. The number of carboxylic acids is 1. The summed E-state index contributed by atoms with van der Waals surface area (Å²) < 4.78 is 5.26. The van der Waals surface area contributed by atoms with Gasteiger partial charge in [-0.1, -0.05) is 36.4 Å². The first-order valence-electron chi connectivity index (χ1n) is 10.7. The molecule has 34 heavy (non-hydrogen) atoms. The van der Waals surface area contributed by atoms with Crippen LogP contribution in [0.4, 0.5) is 5.69 Å². The van der Waals surface area contributed by atoms with Crippen molar-refractivity contribution in [3.05, 3.63) is 113 Å². The lowest BCUT2D eigenvalue weighted by atomic mass is 9.99. The molecular formula is C28H20N2O4. The Kier molecular flexibility index (Phi) is 5.40. The average Bonchev–Trinajstić information content (AvgIpc) is 3.19. The molecule has 1 aliphatic rings. The molecule has 166 valence electrons. The van der Waals surface area contributed by atoms with Crippen LogP contribution in [0.25, 0.3) is 16.8 Å². The molecule has 0 fully saturated rings. The van der Waals surface area contributed by atoms with E-state index < -0.39 is 5.97 Å². The molecule has 0 aliphatic carbocycles. The SMILES string of the molecule is COc1ccc(C2=NN(c3ccc(C(=O)O)cc3)C(=O)/C2=C\c2ccc3ccccc3c2)cc1. The number of benzene rings is 4. The Morgan fingerprint density at radius 3 is 2.29 bits per heavy atom. The monoisotopic (exact) mass is 448 g/mol. The molecule has 0 atom stereocenters. The Labute approximate surface area is 196 Å². The standard InChI is InChI=1S/C28H20N2O4/c1-34-24-14-10-20(11-15-24)26-25(17-18-6-7-19-4-2-3-5-22(19)16-18)27(31)30(29-26)23-12-8-21(9-13-23)28(32)33/h2-17H,1H3,(H,32,33)/b25-17-. The van der Waals surface area contributed by atoms with E-state index in [4.69, 9.17) is 4.74 Å². The topological polar surface area (TPSA) is 79.2 Å². The number of hydrogen-bond donors (Lipinski definition) is 1. The molecule has 1 amide bonds. The second-order valence-electron chi connectivity index (χ2n) is 7.81. The number of carboxylic acid groups (broad SMARTS) is 1. The molecule has 0 bridgehead atoms. The van der Waals surface area contributed by atoms with Gasteiger partial charge < -0.3 is 9.84 Å². The molecule has 0 unspecified atom stereocenters. The maximum atomic E-state index is 13.5. The van der Waals surface area contributed by atoms with E-state index >= 15 is 0 Å². The van der Waals surface area contributed by atoms with Gasteiger partial charge in [-0.3, -0.25) is 4.79 Å². The number of nitrogens with zero attached hydrogens (tertiary/aromatic N) is 2. The van der Waals surface area contributed by atoms with Crippen molar-refractivity contribution in [2.24, 2.45) is 5.10 Å². The van der Waals surface area contributed by atoms with Crippen LogP contribution in [0.2, 0.25) is 0 Å². The fraction of sp³-hybridized carbons (Fsp3) is 0.0357. The minimum Gasteiger partial charge on any atom is -0.497 e. The lowest BCUT2D eigenvalue weighted by molar-refractivity contribution is -0.114. The molecule has 0 saturated heterocycles. The van der Waals surface area contributed by atoms with Gasteiger partial charge in [-0.2, -0.15) is 10.1 Å². The third kappa shape index (κ3) is 3.93. The van der Waals surface area contributed by atoms with Crippen molar-refractivity contribution in [3.8, 4) is 5.75 Å². The molecule has 6 nitrogen and oxygen atoms in total. The number of amides is 1. The third-order valence-corrected chi connectivity index (χ3v) is 5.68. The van der Waals surface area contributed by atoms with Crippen LogP contribution in [-0.4, -0.2) is 29.8 Å². The first kappa shape index (κ1) is 21.2. The van der Waals surface area contributed by atoms with Crippen molar-refractivity contribution in [1.82, 2.24) is 0 Å². The van der Waals surface area contributed by atoms with Gasteiger partial charge in [0, 0.05) is 5.56 Å². The molecule has 6 heteroatoms. The van der Waals surface area contributed by atoms with Crippen molar-refractivity contribution in [2.45, 2.75) is 0 Å². The van der Waals surface area contributed by atoms with Crippen molar-refractivity contribution in [3.63, 3.8) is 0 Å². The molecule has 0 aromatic heterocycles. The van der Waals surface area contributed by atoms with E-state index in [1.54, 1.807) is 19.2 Å². The lowest BCUT2D eigenvalue weighted by Gasteiger charge is -2.11. The van der Waals surface area contributed by atoms with Gasteiger partial charge in [-0.15, -0.1) is 0 Å². The zero-order valence-corrected chi connectivity index (χ0v) is 18.3. The third-order valence-electron chi connectivity index (χ3n) is 5.68. The maximum absolute atomic E-state index is 13.5. The van der Waals surface area contributed by atoms with E-state index in [9.17, 15) is 14.7 Å². The average molecular weight is 448 g/mol. The minimum absolute atomic E-state index is 0.140. The van der Waals surface area contributed by atoms with E-state index in [-0.39, 0.29) is 11.5 Å². The zero-order valence-electron chi connectivity index (χ0n) is 18.3. The van der Waals surface area contributed by atoms with Gasteiger partial charge in [0.1, 0.15) is 11.5 Å². The first-order chi connectivity index (χ1) is 16.5. The largest absolute Gasteiger partial charge is 0.497 e. The van der Waals surface area contributed by atoms with Gasteiger partial charge in [-0.05, 0) is 77.0 Å². The van der Waals surface area contributed by atoms with Crippen LogP contribution in [0.5, 0.6) is 5.75 Å². The zero-order chi connectivity index (χ0) is 23.7. The summed E-state index contributed by atoms with van der Waals surface area (Å²) in [6, 6.07) is 27.5. The summed E-state index contributed by atoms with van der Waals surface area (Å²) in [5, 5.41) is 17.3. The molecule has 4 aromatic rings. The molecule has 5 rings (SSSR count). The Balaban J connectivity index is 1.60. The highest BCUT2D eigenvalue weighted by Gasteiger charge is 2.32. The highest BCUT2D eigenvalue weighted by Crippen LogP contribution is 2.29. The van der Waals surface area contributed by atoms with E-state index in [1.165, 1.54) is 17.1 Å². The van der Waals surface area contributed by atoms with Crippen LogP contribution in [0.15, 0.2) is 102 Å². The van der Waals surface area contributed by atoms with E-state index in [2.05, 4.69) is 5.10 Å². The molecule has 0 saturated carbocycles. The van der Waals surface area contributed by atoms with E-state index in [0.29, 0.717) is 22.7 Å². The number of aromatic carboxylic acids is 1. The Hall–Kier alpha value is -4.71. The fourth-order valence-corrected chi connectivity index (χ4v) is 3.89. The molecule has 4 aromatic carbocycles. The molecule has 0 radical (unpaired) electrons. The van der Waals surface area contributed by atoms with Gasteiger partial charge in [0.2, 0.25) is 0 Å². The summed E-state index contributed by atoms with van der Waals surface area (Å²) >= 11 is 0. The van der Waals surface area contributed by atoms with Crippen LogP contribution in [0.3, 0.4) is 0 Å². The Bertz CT molecular complexity index is 1470. The molecular weight excluding hydrogens is 428 g/mol. The normalized spacial score (nSPS) is 14.5. The Morgan fingerprint density at radius 2 is 1.62 bits per heavy atom. The van der Waals surface area contributed by atoms with Crippen molar-refractivity contribution in [2.75, 3.05) is 12.1 Å². The second kappa shape index (κ2) is 8.67. The van der Waals surface area contributed by atoms with Crippen LogP contribution in [-0.2, 0) is 4.79 Å². The number of fused-ring (bicyclic) bond motifs is 1. The number of hydrogen-bond acceptors (Lipinski definition) is 4. The summed E-state index contributed by atoms with van der Waals surface area (Å²) in [5.74, 6) is -0.615. The van der Waals surface area contributed by atoms with Gasteiger partial charge in [0.05, 0.1) is 23.9 Å². The summed E-state index contributed by atoms with van der Waals surface area (Å²) in [6.45, 7) is 0. The fourth-order valence-electron chi connectivity index (χ4n) is 3.89. The number of anilines is 1. The van der Waals surface area contributed by atoms with Gasteiger partial charge in [0.15, 0.2) is 0 Å². The van der Waals surface area contributed by atoms with Crippen LogP contribution < -0.4 is 9.75 Å². The number of rotatable bonds is 5. The smallest absolute Gasteiger partial charge is 0.335 e. The number of ether oxygens (including phenoxy) is 1. The van der Waals surface area contributed by atoms with E-state index in [1.807, 2.05) is 72.8 Å². The minimum atomic E-state index is -1.03. The second-order valence-corrected chi connectivity index (χ2v) is 7.81. The summed E-state index contributed by atoms with van der Waals surface area (Å²) in [4.78, 5) is 24.7. The summed E-state index contributed by atoms with van der Waals surface area (Å²) in [5.41, 5.74) is 3.26. The summed E-state index contributed by atoms with van der Waals surface area (Å²) in [7, 11) is 1.60. The number of hydrazone groups is 1. The molecule has 0 spiro atoms. The maximum Gasteiger partial charge on any atom is 0.335 e. The Morgan fingerprint density at radius 1 is 0.912 bits per heavy atom. The van der Waals surface area contributed by atoms with Gasteiger partial charge in [-0.25, -0.2) is 4.79 Å². The van der Waals surface area contributed by atoms with Crippen LogP contribution >= 0.6 is 0 Å². The highest BCUT2D eigenvalue weighted by atomic mass is 16.5. The molecule has 1 heterocycles. The summed E-state index contributed by atoms with van der Waals surface area (Å²) in [6.07, 6.45) is 1.84. The number of methoxy groups -OCH3 is 1.